The van der Waals surface area contributed by atoms with Gasteiger partial charge in [0, 0.05) is 36.6 Å². The van der Waals surface area contributed by atoms with Crippen molar-refractivity contribution in [1.82, 2.24) is 8.87 Å². The maximum atomic E-state index is 12.9. The lowest BCUT2D eigenvalue weighted by atomic mass is 10.1. The lowest BCUT2D eigenvalue weighted by molar-refractivity contribution is 0.0474. The van der Waals surface area contributed by atoms with Crippen LogP contribution in [0.4, 0.5) is 0 Å². The minimum atomic E-state index is -3.73. The zero-order valence-electron chi connectivity index (χ0n) is 18.8. The number of carbonyl (C=O) groups is 2. The first kappa shape index (κ1) is 24.6. The van der Waals surface area contributed by atoms with Gasteiger partial charge in [-0.3, -0.25) is 4.79 Å². The molecule has 0 radical (unpaired) electrons. The molecule has 168 valence electrons. The molecule has 0 aliphatic rings. The lowest BCUT2D eigenvalue weighted by Crippen LogP contribution is -2.31. The van der Waals surface area contributed by atoms with E-state index in [2.05, 4.69) is 6.58 Å². The van der Waals surface area contributed by atoms with Gasteiger partial charge in [0.25, 0.3) is 0 Å². The van der Waals surface area contributed by atoms with E-state index < -0.39 is 22.6 Å². The summed E-state index contributed by atoms with van der Waals surface area (Å²) in [6.45, 7) is 13.4. The van der Waals surface area contributed by atoms with Crippen LogP contribution < -0.4 is 0 Å². The summed E-state index contributed by atoms with van der Waals surface area (Å²) in [6, 6.07) is 6.14. The van der Waals surface area contributed by atoms with Crippen molar-refractivity contribution in [3.05, 3.63) is 65.0 Å². The second-order valence-electron chi connectivity index (χ2n) is 7.25. The highest BCUT2D eigenvalue weighted by Crippen LogP contribution is 2.22. The predicted octanol–water partition coefficient (Wildman–Crippen LogP) is 3.67. The number of esters is 1. The van der Waals surface area contributed by atoms with Crippen LogP contribution >= 0.6 is 0 Å². The Hall–Kier alpha value is -2.71. The molecule has 1 aromatic carbocycles. The first-order chi connectivity index (χ1) is 14.6. The number of Topliss-reactive ketones (excluding diaryl/α,β-unsaturated/α-hetero) is 1. The van der Waals surface area contributed by atoms with Gasteiger partial charge in [-0.25, -0.2) is 13.2 Å². The SMILES string of the molecule is C=CCn1c(C)cc(C(=O)COC(=O)c2ccc(C)c(S(=O)(=O)N(CC)CC)c2)c1C. The molecule has 0 atom stereocenters. The van der Waals surface area contributed by atoms with E-state index in [0.29, 0.717) is 30.8 Å². The molecule has 1 heterocycles. The summed E-state index contributed by atoms with van der Waals surface area (Å²) >= 11 is 0. The van der Waals surface area contributed by atoms with Crippen molar-refractivity contribution in [3.8, 4) is 0 Å². The van der Waals surface area contributed by atoms with E-state index >= 15 is 0 Å². The van der Waals surface area contributed by atoms with Gasteiger partial charge in [0.2, 0.25) is 15.8 Å². The van der Waals surface area contributed by atoms with Crippen molar-refractivity contribution in [2.24, 2.45) is 0 Å². The van der Waals surface area contributed by atoms with E-state index in [4.69, 9.17) is 4.74 Å². The number of carbonyl (C=O) groups excluding carboxylic acids is 2. The van der Waals surface area contributed by atoms with Crippen molar-refractivity contribution in [1.29, 1.82) is 0 Å². The van der Waals surface area contributed by atoms with Gasteiger partial charge in [0.05, 0.1) is 10.5 Å². The molecular weight excluding hydrogens is 416 g/mol. The van der Waals surface area contributed by atoms with Crippen molar-refractivity contribution in [2.45, 2.75) is 46.1 Å². The highest BCUT2D eigenvalue weighted by Gasteiger charge is 2.25. The third kappa shape index (κ3) is 5.14. The minimum Gasteiger partial charge on any atom is -0.454 e. The second kappa shape index (κ2) is 10.1. The fraction of sp³-hybridized carbons (Fsp3) is 0.391. The molecule has 31 heavy (non-hydrogen) atoms. The number of benzene rings is 1. The minimum absolute atomic E-state index is 0.0601. The summed E-state index contributed by atoms with van der Waals surface area (Å²) in [7, 11) is -3.73. The maximum absolute atomic E-state index is 12.9. The third-order valence-electron chi connectivity index (χ3n) is 5.27. The van der Waals surface area contributed by atoms with Crippen LogP contribution in [0, 0.1) is 20.8 Å². The van der Waals surface area contributed by atoms with E-state index in [0.717, 1.165) is 11.4 Å². The first-order valence-electron chi connectivity index (χ1n) is 10.2. The highest BCUT2D eigenvalue weighted by atomic mass is 32.2. The summed E-state index contributed by atoms with van der Waals surface area (Å²) in [5.74, 6) is -1.07. The van der Waals surface area contributed by atoms with Gasteiger partial charge in [-0.15, -0.1) is 6.58 Å². The number of rotatable bonds is 10. The molecule has 1 aromatic heterocycles. The Labute approximate surface area is 184 Å². The van der Waals surface area contributed by atoms with E-state index in [-0.39, 0.29) is 16.2 Å². The zero-order chi connectivity index (χ0) is 23.3. The number of hydrogen-bond acceptors (Lipinski definition) is 5. The fourth-order valence-electron chi connectivity index (χ4n) is 3.49. The van der Waals surface area contributed by atoms with Crippen LogP contribution in [0.5, 0.6) is 0 Å². The molecule has 0 unspecified atom stereocenters. The van der Waals surface area contributed by atoms with Crippen LogP contribution in [-0.4, -0.2) is 48.7 Å². The summed E-state index contributed by atoms with van der Waals surface area (Å²) < 4.78 is 34.2. The molecule has 0 saturated carbocycles. The molecule has 2 aromatic rings. The number of ether oxygens (including phenoxy) is 1. The molecule has 2 rings (SSSR count). The van der Waals surface area contributed by atoms with Crippen LogP contribution in [0.2, 0.25) is 0 Å². The molecule has 0 aliphatic heterocycles. The quantitative estimate of drug-likeness (QED) is 0.316. The number of hydrogen-bond donors (Lipinski definition) is 0. The Kier molecular flexibility index (Phi) is 7.97. The molecular formula is C23H30N2O5S. The van der Waals surface area contributed by atoms with Crippen LogP contribution in [0.25, 0.3) is 0 Å². The highest BCUT2D eigenvalue weighted by molar-refractivity contribution is 7.89. The van der Waals surface area contributed by atoms with E-state index in [1.165, 1.54) is 16.4 Å². The van der Waals surface area contributed by atoms with Crippen molar-refractivity contribution < 1.29 is 22.7 Å². The number of aromatic nitrogens is 1. The Morgan fingerprint density at radius 2 is 1.77 bits per heavy atom. The Morgan fingerprint density at radius 1 is 1.13 bits per heavy atom. The number of sulfonamides is 1. The van der Waals surface area contributed by atoms with Gasteiger partial charge < -0.3 is 9.30 Å². The van der Waals surface area contributed by atoms with Gasteiger partial charge in [-0.1, -0.05) is 26.0 Å². The zero-order valence-corrected chi connectivity index (χ0v) is 19.6. The number of nitrogens with zero attached hydrogens (tertiary/aromatic N) is 2. The third-order valence-corrected chi connectivity index (χ3v) is 7.46. The average molecular weight is 447 g/mol. The van der Waals surface area contributed by atoms with Gasteiger partial charge >= 0.3 is 5.97 Å². The number of ketones is 1. The van der Waals surface area contributed by atoms with Crippen molar-refractivity contribution in [2.75, 3.05) is 19.7 Å². The van der Waals surface area contributed by atoms with Crippen LogP contribution in [-0.2, 0) is 21.3 Å². The number of allylic oxidation sites excluding steroid dienone is 1. The van der Waals surface area contributed by atoms with Gasteiger partial charge in [-0.2, -0.15) is 4.31 Å². The predicted molar refractivity (Wildman–Crippen MR) is 120 cm³/mol. The van der Waals surface area contributed by atoms with E-state index in [9.17, 15) is 18.0 Å². The molecule has 0 bridgehead atoms. The molecule has 0 N–H and O–H groups in total. The summed E-state index contributed by atoms with van der Waals surface area (Å²) in [4.78, 5) is 25.2. The van der Waals surface area contributed by atoms with Crippen LogP contribution in [0.15, 0.2) is 41.8 Å². The molecule has 0 saturated heterocycles. The molecule has 0 aliphatic carbocycles. The van der Waals surface area contributed by atoms with Gasteiger partial charge in [-0.05, 0) is 44.5 Å². The lowest BCUT2D eigenvalue weighted by Gasteiger charge is -2.20. The Bertz CT molecular complexity index is 1100. The monoisotopic (exact) mass is 446 g/mol. The standard InChI is InChI=1S/C23H30N2O5S/c1-7-12-25-17(5)13-20(18(25)6)21(26)15-30-23(27)19-11-10-16(4)22(14-19)31(28,29)24(8-2)9-3/h7,10-11,13-14H,1,8-9,12,15H2,2-6H3. The summed E-state index contributed by atoms with van der Waals surface area (Å²) in [5.41, 5.74) is 2.80. The molecule has 8 heteroatoms. The average Bonchev–Trinajstić information content (AvgIpc) is 3.01. The molecule has 0 spiro atoms. The van der Waals surface area contributed by atoms with Crippen LogP contribution in [0.1, 0.15) is 51.5 Å². The molecule has 0 fully saturated rings. The van der Waals surface area contributed by atoms with E-state index in [1.807, 2.05) is 18.4 Å². The topological polar surface area (TPSA) is 85.7 Å². The summed E-state index contributed by atoms with van der Waals surface area (Å²) in [5, 5.41) is 0. The second-order valence-corrected chi connectivity index (χ2v) is 9.16. The maximum Gasteiger partial charge on any atom is 0.338 e. The largest absolute Gasteiger partial charge is 0.454 e. The molecule has 7 nitrogen and oxygen atoms in total. The van der Waals surface area contributed by atoms with Gasteiger partial charge in [0.1, 0.15) is 0 Å². The van der Waals surface area contributed by atoms with Gasteiger partial charge in [0.15, 0.2) is 6.61 Å². The smallest absolute Gasteiger partial charge is 0.338 e. The van der Waals surface area contributed by atoms with E-state index in [1.54, 1.807) is 39.0 Å². The molecule has 0 amide bonds. The van der Waals surface area contributed by atoms with Crippen LogP contribution in [0.3, 0.4) is 0 Å². The summed E-state index contributed by atoms with van der Waals surface area (Å²) in [6.07, 6.45) is 1.75. The normalized spacial score (nSPS) is 11.5. The van der Waals surface area contributed by atoms with Crippen molar-refractivity contribution >= 4 is 21.8 Å². The number of aryl methyl sites for hydroxylation is 2. The first-order valence-corrected chi connectivity index (χ1v) is 11.6. The Balaban J connectivity index is 2.21. The van der Waals surface area contributed by atoms with Crippen molar-refractivity contribution in [3.63, 3.8) is 0 Å². The Morgan fingerprint density at radius 3 is 2.35 bits per heavy atom. The fourth-order valence-corrected chi connectivity index (χ4v) is 5.20.